The molecule has 0 unspecified atom stereocenters. The van der Waals surface area contributed by atoms with Crippen LogP contribution in [0, 0.1) is 5.92 Å². The highest BCUT2D eigenvalue weighted by atomic mass is 16.5. The van der Waals surface area contributed by atoms with Gasteiger partial charge >= 0.3 is 0 Å². The first-order valence-corrected chi connectivity index (χ1v) is 8.70. The van der Waals surface area contributed by atoms with Crippen LogP contribution in [0.1, 0.15) is 25.8 Å². The molecular weight excluding hydrogens is 328 g/mol. The number of methoxy groups -OCH3 is 1. The molecule has 0 bridgehead atoms. The van der Waals surface area contributed by atoms with E-state index in [-0.39, 0.29) is 0 Å². The molecule has 0 fully saturated rings. The van der Waals surface area contributed by atoms with Crippen LogP contribution in [0.15, 0.2) is 47.6 Å². The minimum Gasteiger partial charge on any atom is -0.493 e. The van der Waals surface area contributed by atoms with E-state index in [0.29, 0.717) is 24.2 Å². The fraction of sp³-hybridized carbons (Fsp3) is 0.300. The quantitative estimate of drug-likeness (QED) is 0.464. The number of hydrazone groups is 1. The average molecular weight is 352 g/mol. The van der Waals surface area contributed by atoms with E-state index in [0.717, 1.165) is 28.8 Å². The Morgan fingerprint density at radius 2 is 2.04 bits per heavy atom. The van der Waals surface area contributed by atoms with Crippen LogP contribution in [-0.2, 0) is 0 Å². The van der Waals surface area contributed by atoms with Gasteiger partial charge in [-0.05, 0) is 48.2 Å². The number of aromatic nitrogens is 2. The first-order chi connectivity index (χ1) is 12.7. The molecule has 1 aromatic heterocycles. The molecule has 0 saturated heterocycles. The number of nitrogens with zero attached hydrogens (tertiary/aromatic N) is 2. The summed E-state index contributed by atoms with van der Waals surface area (Å²) >= 11 is 0. The summed E-state index contributed by atoms with van der Waals surface area (Å²) in [6.07, 6.45) is 2.72. The highest BCUT2D eigenvalue weighted by Crippen LogP contribution is 2.28. The fourth-order valence-corrected chi connectivity index (χ4v) is 2.46. The summed E-state index contributed by atoms with van der Waals surface area (Å²) in [5.41, 5.74) is 5.68. The molecule has 26 heavy (non-hydrogen) atoms. The Kier molecular flexibility index (Phi) is 5.73. The van der Waals surface area contributed by atoms with Crippen LogP contribution >= 0.6 is 0 Å². The largest absolute Gasteiger partial charge is 0.493 e. The molecule has 6 nitrogen and oxygen atoms in total. The Bertz CT molecular complexity index is 853. The van der Waals surface area contributed by atoms with Gasteiger partial charge in [0.25, 0.3) is 0 Å². The zero-order valence-corrected chi connectivity index (χ0v) is 15.3. The number of imidazole rings is 1. The van der Waals surface area contributed by atoms with E-state index in [1.165, 1.54) is 0 Å². The van der Waals surface area contributed by atoms with Crippen LogP contribution in [0.25, 0.3) is 11.0 Å². The number of anilines is 1. The molecule has 0 aliphatic rings. The van der Waals surface area contributed by atoms with E-state index in [1.807, 2.05) is 42.5 Å². The van der Waals surface area contributed by atoms with Gasteiger partial charge in [0, 0.05) is 0 Å². The van der Waals surface area contributed by atoms with Gasteiger partial charge in [0.05, 0.1) is 31.0 Å². The van der Waals surface area contributed by atoms with E-state index >= 15 is 0 Å². The van der Waals surface area contributed by atoms with Gasteiger partial charge in [-0.25, -0.2) is 10.4 Å². The third kappa shape index (κ3) is 4.53. The highest BCUT2D eigenvalue weighted by Gasteiger charge is 2.06. The summed E-state index contributed by atoms with van der Waals surface area (Å²) in [4.78, 5) is 7.58. The number of hydrogen-bond donors (Lipinski definition) is 2. The summed E-state index contributed by atoms with van der Waals surface area (Å²) in [6.45, 7) is 5.03. The van der Waals surface area contributed by atoms with Crippen molar-refractivity contribution < 1.29 is 9.47 Å². The second-order valence-corrected chi connectivity index (χ2v) is 6.41. The van der Waals surface area contributed by atoms with Gasteiger partial charge in [0.15, 0.2) is 11.5 Å². The molecule has 2 aromatic carbocycles. The second-order valence-electron chi connectivity index (χ2n) is 6.41. The standard InChI is InChI=1S/C20H24N4O2/c1-14(2)10-11-26-18-9-8-15(12-19(18)25-3)13-21-24-20-22-16-6-4-5-7-17(16)23-20/h4-9,12-14H,10-11H2,1-3H3,(H2,22,23,24). The maximum Gasteiger partial charge on any atom is 0.222 e. The van der Waals surface area contributed by atoms with E-state index in [4.69, 9.17) is 9.47 Å². The molecule has 3 aromatic rings. The average Bonchev–Trinajstić information content (AvgIpc) is 3.05. The first-order valence-electron chi connectivity index (χ1n) is 8.70. The summed E-state index contributed by atoms with van der Waals surface area (Å²) in [6, 6.07) is 13.6. The van der Waals surface area contributed by atoms with Crippen molar-refractivity contribution in [3.63, 3.8) is 0 Å². The van der Waals surface area contributed by atoms with Crippen LogP contribution in [0.3, 0.4) is 0 Å². The zero-order chi connectivity index (χ0) is 18.4. The molecule has 0 aliphatic heterocycles. The van der Waals surface area contributed by atoms with Gasteiger partial charge in [0.2, 0.25) is 5.95 Å². The smallest absolute Gasteiger partial charge is 0.222 e. The molecule has 2 N–H and O–H groups in total. The van der Waals surface area contributed by atoms with Gasteiger partial charge in [-0.15, -0.1) is 0 Å². The first kappa shape index (κ1) is 17.8. The Labute approximate surface area is 153 Å². The summed E-state index contributed by atoms with van der Waals surface area (Å²) in [5, 5.41) is 4.23. The zero-order valence-electron chi connectivity index (χ0n) is 15.3. The molecule has 0 atom stereocenters. The lowest BCUT2D eigenvalue weighted by atomic mass is 10.1. The number of benzene rings is 2. The van der Waals surface area contributed by atoms with Crippen molar-refractivity contribution in [3.8, 4) is 11.5 Å². The molecule has 0 spiro atoms. The molecular formula is C20H24N4O2. The summed E-state index contributed by atoms with van der Waals surface area (Å²) in [5.74, 6) is 2.65. The van der Waals surface area contributed by atoms with Crippen LogP contribution in [-0.4, -0.2) is 29.9 Å². The third-order valence-corrected chi connectivity index (χ3v) is 3.91. The van der Waals surface area contributed by atoms with Crippen LogP contribution < -0.4 is 14.9 Å². The lowest BCUT2D eigenvalue weighted by molar-refractivity contribution is 0.273. The van der Waals surface area contributed by atoms with E-state index in [1.54, 1.807) is 13.3 Å². The molecule has 6 heteroatoms. The summed E-state index contributed by atoms with van der Waals surface area (Å²) in [7, 11) is 1.64. The number of fused-ring (bicyclic) bond motifs is 1. The lowest BCUT2D eigenvalue weighted by Gasteiger charge is -2.12. The minimum atomic E-state index is 0.600. The van der Waals surface area contributed by atoms with Crippen LogP contribution in [0.5, 0.6) is 11.5 Å². The Hall–Kier alpha value is -3.02. The van der Waals surface area contributed by atoms with Crippen LogP contribution in [0.2, 0.25) is 0 Å². The molecule has 0 radical (unpaired) electrons. The van der Waals surface area contributed by atoms with Crippen molar-refractivity contribution in [2.45, 2.75) is 20.3 Å². The maximum atomic E-state index is 5.80. The molecule has 0 aliphatic carbocycles. The number of hydrogen-bond acceptors (Lipinski definition) is 5. The van der Waals surface area contributed by atoms with Gasteiger partial charge in [-0.3, -0.25) is 0 Å². The predicted octanol–water partition coefficient (Wildman–Crippen LogP) is 4.44. The van der Waals surface area contributed by atoms with Crippen molar-refractivity contribution >= 4 is 23.2 Å². The van der Waals surface area contributed by atoms with Gasteiger partial charge in [-0.1, -0.05) is 26.0 Å². The van der Waals surface area contributed by atoms with Crippen LogP contribution in [0.4, 0.5) is 5.95 Å². The molecule has 136 valence electrons. The van der Waals surface area contributed by atoms with Crippen molar-refractivity contribution in [2.75, 3.05) is 19.1 Å². The molecule has 3 rings (SSSR count). The number of aromatic amines is 1. The Morgan fingerprint density at radius 1 is 1.19 bits per heavy atom. The normalized spacial score (nSPS) is 11.4. The topological polar surface area (TPSA) is 71.5 Å². The Morgan fingerprint density at radius 3 is 2.81 bits per heavy atom. The minimum absolute atomic E-state index is 0.600. The molecule has 0 saturated carbocycles. The number of ether oxygens (including phenoxy) is 2. The monoisotopic (exact) mass is 352 g/mol. The Balaban J connectivity index is 1.64. The van der Waals surface area contributed by atoms with Gasteiger partial charge in [-0.2, -0.15) is 5.10 Å². The van der Waals surface area contributed by atoms with E-state index in [9.17, 15) is 0 Å². The number of rotatable bonds is 8. The number of nitrogens with one attached hydrogen (secondary N) is 2. The van der Waals surface area contributed by atoms with E-state index in [2.05, 4.69) is 34.3 Å². The van der Waals surface area contributed by atoms with Crippen molar-refractivity contribution in [1.29, 1.82) is 0 Å². The number of para-hydroxylation sites is 2. The molecule has 1 heterocycles. The second kappa shape index (κ2) is 8.38. The predicted molar refractivity (Wildman–Crippen MR) is 105 cm³/mol. The van der Waals surface area contributed by atoms with Gasteiger partial charge in [0.1, 0.15) is 0 Å². The SMILES string of the molecule is COc1cc(C=NNc2nc3ccccc3[nH]2)ccc1OCCC(C)C. The van der Waals surface area contributed by atoms with Crippen molar-refractivity contribution in [1.82, 2.24) is 9.97 Å². The maximum absolute atomic E-state index is 5.80. The van der Waals surface area contributed by atoms with Crippen molar-refractivity contribution in [2.24, 2.45) is 11.0 Å². The van der Waals surface area contributed by atoms with Crippen molar-refractivity contribution in [3.05, 3.63) is 48.0 Å². The summed E-state index contributed by atoms with van der Waals surface area (Å²) < 4.78 is 11.2. The van der Waals surface area contributed by atoms with Gasteiger partial charge < -0.3 is 14.5 Å². The van der Waals surface area contributed by atoms with E-state index < -0.39 is 0 Å². The molecule has 0 amide bonds. The highest BCUT2D eigenvalue weighted by molar-refractivity contribution is 5.82. The third-order valence-electron chi connectivity index (χ3n) is 3.91. The number of H-pyrrole nitrogens is 1. The lowest BCUT2D eigenvalue weighted by Crippen LogP contribution is -2.03. The fourth-order valence-electron chi connectivity index (χ4n) is 2.46.